The second-order valence-electron chi connectivity index (χ2n) is 5.22. The lowest BCUT2D eigenvalue weighted by Crippen LogP contribution is -2.43. The zero-order valence-electron chi connectivity index (χ0n) is 8.16. The Balaban J connectivity index is 1.90. The molecule has 1 heteroatoms. The minimum absolute atomic E-state index is 0.896. The summed E-state index contributed by atoms with van der Waals surface area (Å²) >= 11 is 0. The molecule has 68 valence electrons. The van der Waals surface area contributed by atoms with Crippen molar-refractivity contribution in [2.24, 2.45) is 11.8 Å². The van der Waals surface area contributed by atoms with Crippen molar-refractivity contribution in [1.29, 1.82) is 0 Å². The van der Waals surface area contributed by atoms with E-state index in [1.165, 1.54) is 25.7 Å². The monoisotopic (exact) mass is 165 g/mol. The third-order valence-corrected chi connectivity index (χ3v) is 4.57. The quantitative estimate of drug-likeness (QED) is 0.532. The SMILES string of the molecule is CC1CC2CC1N1C(C)CCC21. The Kier molecular flexibility index (Phi) is 1.39. The number of hydrogen-bond acceptors (Lipinski definition) is 1. The average molecular weight is 165 g/mol. The van der Waals surface area contributed by atoms with Gasteiger partial charge in [0, 0.05) is 18.1 Å². The van der Waals surface area contributed by atoms with E-state index < -0.39 is 0 Å². The summed E-state index contributed by atoms with van der Waals surface area (Å²) in [5, 5.41) is 0. The van der Waals surface area contributed by atoms with Crippen LogP contribution in [0.4, 0.5) is 0 Å². The van der Waals surface area contributed by atoms with Crippen molar-refractivity contribution < 1.29 is 0 Å². The van der Waals surface area contributed by atoms with E-state index in [-0.39, 0.29) is 0 Å². The fraction of sp³-hybridized carbons (Fsp3) is 1.00. The van der Waals surface area contributed by atoms with Crippen LogP contribution in [0.2, 0.25) is 0 Å². The summed E-state index contributed by atoms with van der Waals surface area (Å²) in [5.41, 5.74) is 0. The van der Waals surface area contributed by atoms with E-state index in [9.17, 15) is 0 Å². The van der Waals surface area contributed by atoms with Crippen LogP contribution in [0.3, 0.4) is 0 Å². The third kappa shape index (κ3) is 0.736. The van der Waals surface area contributed by atoms with Crippen LogP contribution in [0.1, 0.15) is 39.5 Å². The lowest BCUT2D eigenvalue weighted by atomic mass is 9.94. The van der Waals surface area contributed by atoms with Crippen LogP contribution in [0.5, 0.6) is 0 Å². The molecule has 3 aliphatic rings. The molecule has 5 atom stereocenters. The molecule has 3 rings (SSSR count). The van der Waals surface area contributed by atoms with E-state index in [2.05, 4.69) is 18.7 Å². The molecule has 1 nitrogen and oxygen atoms in total. The van der Waals surface area contributed by atoms with Crippen molar-refractivity contribution in [3.8, 4) is 0 Å². The number of nitrogens with zero attached hydrogens (tertiary/aromatic N) is 1. The van der Waals surface area contributed by atoms with Crippen LogP contribution < -0.4 is 0 Å². The molecule has 0 amide bonds. The van der Waals surface area contributed by atoms with Gasteiger partial charge in [0.2, 0.25) is 0 Å². The Labute approximate surface area is 75.1 Å². The van der Waals surface area contributed by atoms with Crippen LogP contribution in [0, 0.1) is 11.8 Å². The van der Waals surface area contributed by atoms with Gasteiger partial charge in [-0.3, -0.25) is 4.90 Å². The average Bonchev–Trinajstić information content (AvgIpc) is 2.62. The van der Waals surface area contributed by atoms with Gasteiger partial charge in [-0.15, -0.1) is 0 Å². The van der Waals surface area contributed by atoms with Gasteiger partial charge in [0.05, 0.1) is 0 Å². The molecule has 1 saturated carbocycles. The first-order chi connectivity index (χ1) is 5.77. The Morgan fingerprint density at radius 1 is 1.00 bits per heavy atom. The van der Waals surface area contributed by atoms with Crippen LogP contribution in [0.15, 0.2) is 0 Å². The van der Waals surface area contributed by atoms with Crippen molar-refractivity contribution in [2.45, 2.75) is 57.7 Å². The first-order valence-electron chi connectivity index (χ1n) is 5.55. The van der Waals surface area contributed by atoms with Gasteiger partial charge in [-0.2, -0.15) is 0 Å². The minimum Gasteiger partial charge on any atom is -0.294 e. The highest BCUT2D eigenvalue weighted by Gasteiger charge is 2.52. The van der Waals surface area contributed by atoms with E-state index in [0.29, 0.717) is 0 Å². The topological polar surface area (TPSA) is 3.24 Å². The Bertz CT molecular complexity index is 201. The van der Waals surface area contributed by atoms with Gasteiger partial charge in [0.15, 0.2) is 0 Å². The molecule has 3 fully saturated rings. The smallest absolute Gasteiger partial charge is 0.0131 e. The van der Waals surface area contributed by atoms with E-state index in [4.69, 9.17) is 0 Å². The standard InChI is InChI=1S/C11H19N/c1-7-5-9-6-11(7)12-8(2)3-4-10(9)12/h7-11H,3-6H2,1-2H3. The molecule has 0 aromatic carbocycles. The highest BCUT2D eigenvalue weighted by atomic mass is 15.3. The van der Waals surface area contributed by atoms with Crippen LogP contribution in [-0.4, -0.2) is 23.0 Å². The van der Waals surface area contributed by atoms with Gasteiger partial charge >= 0.3 is 0 Å². The Hall–Kier alpha value is -0.0400. The summed E-state index contributed by atoms with van der Waals surface area (Å²) in [6.07, 6.45) is 6.01. The van der Waals surface area contributed by atoms with Crippen LogP contribution in [0.25, 0.3) is 0 Å². The normalized spacial score (nSPS) is 58.0. The molecule has 2 bridgehead atoms. The Morgan fingerprint density at radius 2 is 1.83 bits per heavy atom. The Morgan fingerprint density at radius 3 is 2.67 bits per heavy atom. The van der Waals surface area contributed by atoms with Crippen LogP contribution >= 0.6 is 0 Å². The molecular weight excluding hydrogens is 146 g/mol. The molecule has 2 aliphatic heterocycles. The summed E-state index contributed by atoms with van der Waals surface area (Å²) < 4.78 is 0. The molecule has 0 radical (unpaired) electrons. The van der Waals surface area contributed by atoms with Crippen LogP contribution in [-0.2, 0) is 0 Å². The van der Waals surface area contributed by atoms with Gasteiger partial charge < -0.3 is 0 Å². The number of fused-ring (bicyclic) bond motifs is 5. The van der Waals surface area contributed by atoms with Crippen molar-refractivity contribution in [3.63, 3.8) is 0 Å². The van der Waals surface area contributed by atoms with E-state index in [1.54, 1.807) is 0 Å². The third-order valence-electron chi connectivity index (χ3n) is 4.57. The van der Waals surface area contributed by atoms with Gasteiger partial charge in [-0.1, -0.05) is 6.92 Å². The number of hydrogen-bond donors (Lipinski definition) is 0. The number of rotatable bonds is 0. The van der Waals surface area contributed by atoms with E-state index >= 15 is 0 Å². The summed E-state index contributed by atoms with van der Waals surface area (Å²) in [6.45, 7) is 4.87. The maximum Gasteiger partial charge on any atom is 0.0131 e. The second-order valence-corrected chi connectivity index (χ2v) is 5.22. The first kappa shape index (κ1) is 7.37. The maximum atomic E-state index is 2.85. The molecule has 2 heterocycles. The number of piperidine rings is 1. The second kappa shape index (κ2) is 2.25. The largest absolute Gasteiger partial charge is 0.294 e. The summed E-state index contributed by atoms with van der Waals surface area (Å²) in [6, 6.07) is 2.87. The fourth-order valence-electron chi connectivity index (χ4n) is 4.09. The highest BCUT2D eigenvalue weighted by Crippen LogP contribution is 2.51. The molecule has 0 N–H and O–H groups in total. The van der Waals surface area contributed by atoms with Crippen molar-refractivity contribution >= 4 is 0 Å². The summed E-state index contributed by atoms with van der Waals surface area (Å²) in [4.78, 5) is 2.85. The van der Waals surface area contributed by atoms with Gasteiger partial charge in [-0.05, 0) is 44.4 Å². The minimum atomic E-state index is 0.896. The maximum absolute atomic E-state index is 2.85. The summed E-state index contributed by atoms with van der Waals surface area (Å²) in [7, 11) is 0. The van der Waals surface area contributed by atoms with Gasteiger partial charge in [0.25, 0.3) is 0 Å². The van der Waals surface area contributed by atoms with Crippen molar-refractivity contribution in [2.75, 3.05) is 0 Å². The summed E-state index contributed by atoms with van der Waals surface area (Å²) in [5.74, 6) is 2.07. The molecular formula is C11H19N. The molecule has 12 heavy (non-hydrogen) atoms. The van der Waals surface area contributed by atoms with Crippen molar-refractivity contribution in [1.82, 2.24) is 4.90 Å². The van der Waals surface area contributed by atoms with E-state index in [0.717, 1.165) is 30.0 Å². The lowest BCUT2D eigenvalue weighted by Gasteiger charge is -2.36. The lowest BCUT2D eigenvalue weighted by molar-refractivity contribution is 0.110. The molecule has 5 unspecified atom stereocenters. The van der Waals surface area contributed by atoms with Gasteiger partial charge in [0.1, 0.15) is 0 Å². The molecule has 0 spiro atoms. The molecule has 0 aromatic rings. The van der Waals surface area contributed by atoms with Gasteiger partial charge in [-0.25, -0.2) is 0 Å². The predicted octanol–water partition coefficient (Wildman–Crippen LogP) is 2.27. The predicted molar refractivity (Wildman–Crippen MR) is 50.0 cm³/mol. The van der Waals surface area contributed by atoms with Crippen molar-refractivity contribution in [3.05, 3.63) is 0 Å². The molecule has 2 saturated heterocycles. The zero-order valence-corrected chi connectivity index (χ0v) is 8.16. The first-order valence-corrected chi connectivity index (χ1v) is 5.55. The zero-order chi connectivity index (χ0) is 8.29. The molecule has 1 aliphatic carbocycles. The molecule has 0 aromatic heterocycles. The van der Waals surface area contributed by atoms with E-state index in [1.807, 2.05) is 0 Å². The highest BCUT2D eigenvalue weighted by molar-refractivity contribution is 5.07. The fourth-order valence-corrected chi connectivity index (χ4v) is 4.09.